The third-order valence-corrected chi connectivity index (χ3v) is 2.82. The van der Waals surface area contributed by atoms with Crippen LogP contribution in [0.2, 0.25) is 0 Å². The highest BCUT2D eigenvalue weighted by atomic mass is 16.6. The Kier molecular flexibility index (Phi) is 5.01. The van der Waals surface area contributed by atoms with E-state index < -0.39 is 23.0 Å². The lowest BCUT2D eigenvalue weighted by atomic mass is 10.2. The summed E-state index contributed by atoms with van der Waals surface area (Å²) in [5, 5.41) is 21.9. The molecule has 0 aromatic heterocycles. The van der Waals surface area contributed by atoms with Crippen LogP contribution < -0.4 is 5.32 Å². The van der Waals surface area contributed by atoms with Gasteiger partial charge in [0.15, 0.2) is 0 Å². The maximum atomic E-state index is 11.7. The number of non-ortho nitro benzene ring substituents is 1. The summed E-state index contributed by atoms with van der Waals surface area (Å²) in [5.74, 6) is -1.11. The molecular formula is C12H15N3O5. The van der Waals surface area contributed by atoms with Crippen LogP contribution in [-0.2, 0) is 11.3 Å². The highest BCUT2D eigenvalue weighted by Crippen LogP contribution is 2.12. The number of hydrogen-bond donors (Lipinski definition) is 2. The third-order valence-electron chi connectivity index (χ3n) is 2.82. The summed E-state index contributed by atoms with van der Waals surface area (Å²) in [7, 11) is 1.36. The summed E-state index contributed by atoms with van der Waals surface area (Å²) in [6, 6.07) is 4.33. The molecule has 2 N–H and O–H groups in total. The molecule has 0 aliphatic rings. The number of carboxylic acid groups (broad SMARTS) is 1. The first-order chi connectivity index (χ1) is 9.32. The Morgan fingerprint density at radius 1 is 1.50 bits per heavy atom. The number of nitrogens with one attached hydrogen (secondary N) is 1. The maximum absolute atomic E-state index is 11.7. The lowest BCUT2D eigenvalue weighted by Crippen LogP contribution is -2.45. The zero-order chi connectivity index (χ0) is 15.3. The van der Waals surface area contributed by atoms with Crippen LogP contribution in [0.5, 0.6) is 0 Å². The first-order valence-electron chi connectivity index (χ1n) is 5.79. The van der Waals surface area contributed by atoms with Gasteiger partial charge in [0.2, 0.25) is 0 Å². The van der Waals surface area contributed by atoms with Crippen molar-refractivity contribution in [1.82, 2.24) is 10.2 Å². The molecule has 0 radical (unpaired) electrons. The van der Waals surface area contributed by atoms with Gasteiger partial charge in [0, 0.05) is 25.7 Å². The van der Waals surface area contributed by atoms with Crippen LogP contribution in [0.4, 0.5) is 10.5 Å². The SMILES string of the molecule is CC(C(=O)O)N(C)C(=O)NCc1cccc([N+](=O)[O-])c1. The summed E-state index contributed by atoms with van der Waals surface area (Å²) in [6.07, 6.45) is 0. The highest BCUT2D eigenvalue weighted by Gasteiger charge is 2.21. The zero-order valence-electron chi connectivity index (χ0n) is 11.1. The van der Waals surface area contributed by atoms with Crippen LogP contribution in [0.3, 0.4) is 0 Å². The minimum absolute atomic E-state index is 0.0657. The number of benzene rings is 1. The van der Waals surface area contributed by atoms with E-state index in [0.717, 1.165) is 4.90 Å². The molecule has 1 aromatic carbocycles. The molecule has 20 heavy (non-hydrogen) atoms. The normalized spacial score (nSPS) is 11.5. The number of nitro benzene ring substituents is 1. The zero-order valence-corrected chi connectivity index (χ0v) is 11.1. The van der Waals surface area contributed by atoms with E-state index in [4.69, 9.17) is 5.11 Å². The Hall–Kier alpha value is -2.64. The number of rotatable bonds is 5. The molecular weight excluding hydrogens is 266 g/mol. The van der Waals surface area contributed by atoms with Crippen LogP contribution in [0, 0.1) is 10.1 Å². The van der Waals surface area contributed by atoms with Crippen LogP contribution >= 0.6 is 0 Å². The quantitative estimate of drug-likeness (QED) is 0.622. The van der Waals surface area contributed by atoms with Crippen LogP contribution in [0.1, 0.15) is 12.5 Å². The number of aliphatic carboxylic acids is 1. The second-order valence-electron chi connectivity index (χ2n) is 4.21. The number of nitrogens with zero attached hydrogens (tertiary/aromatic N) is 2. The lowest BCUT2D eigenvalue weighted by molar-refractivity contribution is -0.384. The Labute approximate surface area is 115 Å². The molecule has 0 fully saturated rings. The topological polar surface area (TPSA) is 113 Å². The third kappa shape index (κ3) is 3.94. The summed E-state index contributed by atoms with van der Waals surface area (Å²) < 4.78 is 0. The number of amides is 2. The van der Waals surface area contributed by atoms with Crippen molar-refractivity contribution in [2.24, 2.45) is 0 Å². The monoisotopic (exact) mass is 281 g/mol. The van der Waals surface area contributed by atoms with E-state index in [2.05, 4.69) is 5.32 Å². The van der Waals surface area contributed by atoms with Crippen molar-refractivity contribution in [3.05, 3.63) is 39.9 Å². The predicted molar refractivity (Wildman–Crippen MR) is 70.2 cm³/mol. The minimum atomic E-state index is -1.11. The molecule has 0 saturated carbocycles. The number of carbonyl (C=O) groups is 2. The van der Waals surface area contributed by atoms with Gasteiger partial charge in [-0.2, -0.15) is 0 Å². The van der Waals surface area contributed by atoms with E-state index in [1.807, 2.05) is 0 Å². The molecule has 8 nitrogen and oxygen atoms in total. The number of likely N-dealkylation sites (N-methyl/N-ethyl adjacent to an activating group) is 1. The molecule has 2 amide bonds. The van der Waals surface area contributed by atoms with Gasteiger partial charge in [-0.25, -0.2) is 9.59 Å². The van der Waals surface area contributed by atoms with Gasteiger partial charge >= 0.3 is 12.0 Å². The minimum Gasteiger partial charge on any atom is -0.480 e. The molecule has 0 bridgehead atoms. The average molecular weight is 281 g/mol. The van der Waals surface area contributed by atoms with Crippen LogP contribution in [0.25, 0.3) is 0 Å². The fourth-order valence-corrected chi connectivity index (χ4v) is 1.42. The molecule has 8 heteroatoms. The molecule has 1 rings (SSSR count). The first kappa shape index (κ1) is 15.4. The Morgan fingerprint density at radius 3 is 2.70 bits per heavy atom. The van der Waals surface area contributed by atoms with E-state index in [1.54, 1.807) is 6.07 Å². The van der Waals surface area contributed by atoms with E-state index in [-0.39, 0.29) is 12.2 Å². The fourth-order valence-electron chi connectivity index (χ4n) is 1.42. The van der Waals surface area contributed by atoms with E-state index >= 15 is 0 Å². The van der Waals surface area contributed by atoms with Crippen molar-refractivity contribution in [3.63, 3.8) is 0 Å². The number of carbonyl (C=O) groups excluding carboxylic acids is 1. The Bertz CT molecular complexity index is 532. The van der Waals surface area contributed by atoms with Crippen LogP contribution in [0.15, 0.2) is 24.3 Å². The smallest absolute Gasteiger partial charge is 0.326 e. The first-order valence-corrected chi connectivity index (χ1v) is 5.79. The van der Waals surface area contributed by atoms with Gasteiger partial charge in [0.1, 0.15) is 6.04 Å². The Balaban J connectivity index is 2.63. The van der Waals surface area contributed by atoms with Gasteiger partial charge in [-0.3, -0.25) is 10.1 Å². The highest BCUT2D eigenvalue weighted by molar-refractivity contribution is 5.82. The Morgan fingerprint density at radius 2 is 2.15 bits per heavy atom. The molecule has 0 heterocycles. The van der Waals surface area contributed by atoms with Crippen LogP contribution in [-0.4, -0.2) is 40.0 Å². The van der Waals surface area contributed by atoms with E-state index in [1.165, 1.54) is 32.2 Å². The molecule has 1 unspecified atom stereocenters. The van der Waals surface area contributed by atoms with Crippen molar-refractivity contribution >= 4 is 17.7 Å². The molecule has 1 atom stereocenters. The lowest BCUT2D eigenvalue weighted by Gasteiger charge is -2.21. The fraction of sp³-hybridized carbons (Fsp3) is 0.333. The average Bonchev–Trinajstić information content (AvgIpc) is 2.43. The van der Waals surface area contributed by atoms with E-state index in [9.17, 15) is 19.7 Å². The maximum Gasteiger partial charge on any atom is 0.326 e. The predicted octanol–water partition coefficient (Wildman–Crippen LogP) is 1.21. The summed E-state index contributed by atoms with van der Waals surface area (Å²) in [6.45, 7) is 1.46. The van der Waals surface area contributed by atoms with Crippen molar-refractivity contribution in [1.29, 1.82) is 0 Å². The van der Waals surface area contributed by atoms with Crippen molar-refractivity contribution in [2.45, 2.75) is 19.5 Å². The number of nitro groups is 1. The van der Waals surface area contributed by atoms with E-state index in [0.29, 0.717) is 5.56 Å². The van der Waals surface area contributed by atoms with Gasteiger partial charge < -0.3 is 15.3 Å². The second-order valence-corrected chi connectivity index (χ2v) is 4.21. The number of urea groups is 1. The van der Waals surface area contributed by atoms with Crippen molar-refractivity contribution < 1.29 is 19.6 Å². The van der Waals surface area contributed by atoms with Gasteiger partial charge in [0.25, 0.3) is 5.69 Å². The van der Waals surface area contributed by atoms with Gasteiger partial charge in [-0.05, 0) is 12.5 Å². The summed E-state index contributed by atoms with van der Waals surface area (Å²) in [4.78, 5) is 33.6. The van der Waals surface area contributed by atoms with Crippen molar-refractivity contribution in [3.8, 4) is 0 Å². The number of hydrogen-bond acceptors (Lipinski definition) is 4. The summed E-state index contributed by atoms with van der Waals surface area (Å²) >= 11 is 0. The standard InChI is InChI=1S/C12H15N3O5/c1-8(11(16)17)14(2)12(18)13-7-9-4-3-5-10(6-9)15(19)20/h3-6,8H,7H2,1-2H3,(H,13,18)(H,16,17). The molecule has 108 valence electrons. The number of carboxylic acids is 1. The molecule has 0 spiro atoms. The van der Waals surface area contributed by atoms with Crippen molar-refractivity contribution in [2.75, 3.05) is 7.05 Å². The molecule has 1 aromatic rings. The molecule has 0 aliphatic heterocycles. The van der Waals surface area contributed by atoms with Gasteiger partial charge in [-0.1, -0.05) is 12.1 Å². The largest absolute Gasteiger partial charge is 0.480 e. The summed E-state index contributed by atoms with van der Waals surface area (Å²) in [5.41, 5.74) is 0.493. The molecule has 0 aliphatic carbocycles. The molecule has 0 saturated heterocycles. The second kappa shape index (κ2) is 6.50. The van der Waals surface area contributed by atoms with Gasteiger partial charge in [0.05, 0.1) is 4.92 Å². The van der Waals surface area contributed by atoms with Gasteiger partial charge in [-0.15, -0.1) is 0 Å².